The van der Waals surface area contributed by atoms with Gasteiger partial charge in [-0.25, -0.2) is 0 Å². The van der Waals surface area contributed by atoms with Gasteiger partial charge in [0.15, 0.2) is 0 Å². The lowest BCUT2D eigenvalue weighted by Crippen LogP contribution is -2.48. The molecule has 2 amide bonds. The zero-order chi connectivity index (χ0) is 12.6. The van der Waals surface area contributed by atoms with Crippen molar-refractivity contribution in [3.8, 4) is 0 Å². The molecule has 92 valence electrons. The Labute approximate surface area is 109 Å². The Bertz CT molecular complexity index is 255. The average Bonchev–Trinajstić information content (AvgIpc) is 2.25. The molecule has 0 aromatic rings. The van der Waals surface area contributed by atoms with E-state index in [1.807, 2.05) is 0 Å². The van der Waals surface area contributed by atoms with E-state index >= 15 is 0 Å². The molecule has 8 heteroatoms. The molecular formula is C8H12Br2N2O4. The molecule has 0 spiro atoms. The molecule has 0 aliphatic rings. The maximum Gasteiger partial charge on any atom is 0.303 e. The maximum absolute atomic E-state index is 11.1. The van der Waals surface area contributed by atoms with E-state index in [1.165, 1.54) is 0 Å². The number of alkyl halides is 2. The number of carbonyl (C=O) groups excluding carboxylic acids is 2. The van der Waals surface area contributed by atoms with Gasteiger partial charge in [0.05, 0.1) is 10.7 Å². The number of hydrogen-bond donors (Lipinski definition) is 3. The van der Waals surface area contributed by atoms with Gasteiger partial charge in [-0.15, -0.1) is 0 Å². The third-order valence-corrected chi connectivity index (χ3v) is 2.58. The molecule has 0 aromatic heterocycles. The normalized spacial score (nSPS) is 9.94. The number of carboxylic acids is 1. The number of aliphatic carboxylic acids is 1. The number of nitrogens with one attached hydrogen (secondary N) is 2. The Morgan fingerprint density at radius 1 is 1.06 bits per heavy atom. The first kappa shape index (κ1) is 15.4. The molecule has 3 N–H and O–H groups in total. The molecule has 0 fully saturated rings. The molecule has 6 nitrogen and oxygen atoms in total. The summed E-state index contributed by atoms with van der Waals surface area (Å²) in [6.07, 6.45) is -0.644. The van der Waals surface area contributed by atoms with E-state index < -0.39 is 12.1 Å². The van der Waals surface area contributed by atoms with E-state index in [1.54, 1.807) is 0 Å². The van der Waals surface area contributed by atoms with Crippen molar-refractivity contribution < 1.29 is 19.5 Å². The summed E-state index contributed by atoms with van der Waals surface area (Å²) in [5.74, 6) is -1.61. The fourth-order valence-electron chi connectivity index (χ4n) is 0.914. The summed E-state index contributed by atoms with van der Waals surface area (Å²) >= 11 is 5.91. The summed E-state index contributed by atoms with van der Waals surface area (Å²) in [6, 6.07) is 0. The standard InChI is InChI=1S/C8H12Br2N2O4/c9-3-6(13)11-5(1-2-8(15)16)12-7(14)4-10/h5H,1-4H2,(H,11,13)(H,12,14)(H,15,16). The number of carboxylic acid groups (broad SMARTS) is 1. The van der Waals surface area contributed by atoms with Crippen molar-refractivity contribution in [3.05, 3.63) is 0 Å². The predicted octanol–water partition coefficient (Wildman–Crippen LogP) is 0.199. The predicted molar refractivity (Wildman–Crippen MR) is 64.5 cm³/mol. The van der Waals surface area contributed by atoms with Crippen LogP contribution in [0.5, 0.6) is 0 Å². The van der Waals surface area contributed by atoms with Crippen LogP contribution in [0.25, 0.3) is 0 Å². The van der Waals surface area contributed by atoms with Crippen molar-refractivity contribution in [1.82, 2.24) is 10.6 Å². The van der Waals surface area contributed by atoms with Gasteiger partial charge >= 0.3 is 5.97 Å². The largest absolute Gasteiger partial charge is 0.481 e. The summed E-state index contributed by atoms with van der Waals surface area (Å²) in [4.78, 5) is 32.5. The van der Waals surface area contributed by atoms with Gasteiger partial charge in [-0.1, -0.05) is 31.9 Å². The van der Waals surface area contributed by atoms with E-state index in [0.29, 0.717) is 0 Å². The third-order valence-electron chi connectivity index (χ3n) is 1.56. The number of amides is 2. The minimum atomic E-state index is -0.980. The second-order valence-corrected chi connectivity index (χ2v) is 4.01. The highest BCUT2D eigenvalue weighted by Gasteiger charge is 2.15. The summed E-state index contributed by atoms with van der Waals surface area (Å²) in [7, 11) is 0. The Morgan fingerprint density at radius 2 is 1.50 bits per heavy atom. The minimum absolute atomic E-state index is 0.0980. The van der Waals surface area contributed by atoms with Crippen LogP contribution in [0.3, 0.4) is 0 Å². The maximum atomic E-state index is 11.1. The van der Waals surface area contributed by atoms with Crippen molar-refractivity contribution in [2.24, 2.45) is 0 Å². The lowest BCUT2D eigenvalue weighted by Gasteiger charge is -2.18. The number of halogens is 2. The summed E-state index contributed by atoms with van der Waals surface area (Å²) in [5.41, 5.74) is 0. The first-order valence-electron chi connectivity index (χ1n) is 4.42. The van der Waals surface area contributed by atoms with Gasteiger partial charge in [-0.3, -0.25) is 14.4 Å². The van der Waals surface area contributed by atoms with Gasteiger partial charge in [0, 0.05) is 6.42 Å². The van der Waals surface area contributed by atoms with E-state index in [0.717, 1.165) is 0 Å². The first-order chi connectivity index (χ1) is 7.49. The van der Waals surface area contributed by atoms with Crippen molar-refractivity contribution in [2.75, 3.05) is 10.7 Å². The zero-order valence-electron chi connectivity index (χ0n) is 8.33. The molecule has 0 aromatic carbocycles. The summed E-state index contributed by atoms with van der Waals surface area (Å²) < 4.78 is 0. The number of rotatable bonds is 7. The molecule has 0 atom stereocenters. The molecule has 0 radical (unpaired) electrons. The summed E-state index contributed by atoms with van der Waals surface area (Å²) in [6.45, 7) is 0. The minimum Gasteiger partial charge on any atom is -0.481 e. The van der Waals surface area contributed by atoms with Crippen LogP contribution in [0.4, 0.5) is 0 Å². The van der Waals surface area contributed by atoms with Crippen molar-refractivity contribution in [3.63, 3.8) is 0 Å². The summed E-state index contributed by atoms with van der Waals surface area (Å²) in [5, 5.41) is 13.7. The van der Waals surface area contributed by atoms with E-state index in [9.17, 15) is 14.4 Å². The number of carbonyl (C=O) groups is 3. The topological polar surface area (TPSA) is 95.5 Å². The first-order valence-corrected chi connectivity index (χ1v) is 6.66. The number of hydrogen-bond acceptors (Lipinski definition) is 3. The van der Waals surface area contributed by atoms with Gasteiger partial charge in [0.2, 0.25) is 11.8 Å². The Morgan fingerprint density at radius 3 is 1.81 bits per heavy atom. The fraction of sp³-hybridized carbons (Fsp3) is 0.625. The molecule has 16 heavy (non-hydrogen) atoms. The lowest BCUT2D eigenvalue weighted by atomic mass is 10.2. The molecular weight excluding hydrogens is 348 g/mol. The van der Waals surface area contributed by atoms with E-state index in [2.05, 4.69) is 42.5 Å². The molecule has 0 saturated heterocycles. The van der Waals surface area contributed by atoms with Crippen molar-refractivity contribution in [2.45, 2.75) is 19.0 Å². The van der Waals surface area contributed by atoms with Crippen LogP contribution in [0.2, 0.25) is 0 Å². The van der Waals surface area contributed by atoms with Crippen LogP contribution >= 0.6 is 31.9 Å². The lowest BCUT2D eigenvalue weighted by molar-refractivity contribution is -0.137. The van der Waals surface area contributed by atoms with Crippen LogP contribution in [0.15, 0.2) is 0 Å². The quantitative estimate of drug-likeness (QED) is 0.447. The third kappa shape index (κ3) is 7.63. The second-order valence-electron chi connectivity index (χ2n) is 2.89. The molecule has 0 aliphatic heterocycles. The van der Waals surface area contributed by atoms with Gasteiger partial charge in [0.25, 0.3) is 0 Å². The Hall–Kier alpha value is -0.630. The van der Waals surface area contributed by atoms with Crippen molar-refractivity contribution in [1.29, 1.82) is 0 Å². The van der Waals surface area contributed by atoms with Crippen LogP contribution in [0, 0.1) is 0 Å². The molecule has 0 unspecified atom stereocenters. The van der Waals surface area contributed by atoms with E-state index in [-0.39, 0.29) is 35.3 Å². The molecule has 0 saturated carbocycles. The highest BCUT2D eigenvalue weighted by atomic mass is 79.9. The highest BCUT2D eigenvalue weighted by Crippen LogP contribution is 1.96. The smallest absolute Gasteiger partial charge is 0.303 e. The van der Waals surface area contributed by atoms with Crippen LogP contribution < -0.4 is 10.6 Å². The fourth-order valence-corrected chi connectivity index (χ4v) is 1.24. The van der Waals surface area contributed by atoms with E-state index in [4.69, 9.17) is 5.11 Å². The second kappa shape index (κ2) is 8.51. The van der Waals surface area contributed by atoms with Gasteiger partial charge < -0.3 is 15.7 Å². The highest BCUT2D eigenvalue weighted by molar-refractivity contribution is 9.09. The SMILES string of the molecule is O=C(O)CCC(NC(=O)CBr)NC(=O)CBr. The Kier molecular flexibility index (Phi) is 8.18. The van der Waals surface area contributed by atoms with Gasteiger partial charge in [0.1, 0.15) is 6.17 Å². The molecule has 0 bridgehead atoms. The zero-order valence-corrected chi connectivity index (χ0v) is 11.5. The monoisotopic (exact) mass is 358 g/mol. The van der Waals surface area contributed by atoms with Crippen molar-refractivity contribution >= 4 is 49.6 Å². The van der Waals surface area contributed by atoms with Gasteiger partial charge in [-0.2, -0.15) is 0 Å². The van der Waals surface area contributed by atoms with Crippen LogP contribution in [0.1, 0.15) is 12.8 Å². The Balaban J connectivity index is 4.20. The average molecular weight is 360 g/mol. The molecule has 0 aliphatic carbocycles. The molecule has 0 heterocycles. The van der Waals surface area contributed by atoms with Crippen LogP contribution in [-0.2, 0) is 14.4 Å². The van der Waals surface area contributed by atoms with Gasteiger partial charge in [-0.05, 0) is 6.42 Å². The molecule has 0 rings (SSSR count). The van der Waals surface area contributed by atoms with Crippen LogP contribution in [-0.4, -0.2) is 39.7 Å².